The molecule has 0 saturated heterocycles. The Kier molecular flexibility index (Phi) is 6.50. The third-order valence-corrected chi connectivity index (χ3v) is 4.08. The van der Waals surface area contributed by atoms with E-state index in [0.717, 1.165) is 23.5 Å². The Morgan fingerprint density at radius 2 is 1.71 bits per heavy atom. The second-order valence-electron chi connectivity index (χ2n) is 2.81. The van der Waals surface area contributed by atoms with Gasteiger partial charge in [-0.1, -0.05) is 11.6 Å². The maximum atomic E-state index is 13.8. The summed E-state index contributed by atoms with van der Waals surface area (Å²) in [4.78, 5) is 3.32. The maximum Gasteiger partial charge on any atom is 0.234 e. The minimum atomic E-state index is -0.950. The van der Waals surface area contributed by atoms with E-state index in [1.54, 1.807) is 0 Å². The van der Waals surface area contributed by atoms with Crippen molar-refractivity contribution in [2.24, 2.45) is 0 Å². The largest absolute Gasteiger partial charge is 0.396 e. The van der Waals surface area contributed by atoms with Crippen LogP contribution in [0.15, 0.2) is 9.92 Å². The highest BCUT2D eigenvalue weighted by atomic mass is 35.5. The van der Waals surface area contributed by atoms with Gasteiger partial charge in [-0.05, 0) is 0 Å². The predicted molar refractivity (Wildman–Crippen MR) is 64.8 cm³/mol. The number of aromatic nitrogens is 1. The number of nitrogens with zero attached hydrogens (tertiary/aromatic N) is 1. The molecule has 8 heteroatoms. The molecule has 0 saturated carbocycles. The van der Waals surface area contributed by atoms with E-state index in [0.29, 0.717) is 0 Å². The Bertz CT molecular complexity index is 396. The molecule has 96 valence electrons. The summed E-state index contributed by atoms with van der Waals surface area (Å²) < 4.78 is 27.2. The molecule has 0 aliphatic rings. The van der Waals surface area contributed by atoms with Gasteiger partial charge in [0.1, 0.15) is 10.0 Å². The molecular formula is C9H10ClF2NO2S2. The van der Waals surface area contributed by atoms with E-state index < -0.39 is 11.8 Å². The molecule has 0 fully saturated rings. The van der Waals surface area contributed by atoms with Crippen LogP contribution in [0.3, 0.4) is 0 Å². The lowest BCUT2D eigenvalue weighted by Gasteiger charge is -2.09. The number of rotatable bonds is 6. The number of hydrogen-bond acceptors (Lipinski definition) is 5. The van der Waals surface area contributed by atoms with E-state index in [1.807, 2.05) is 0 Å². The van der Waals surface area contributed by atoms with E-state index >= 15 is 0 Å². The Morgan fingerprint density at radius 3 is 2.29 bits per heavy atom. The predicted octanol–water partition coefficient (Wildman–Crippen LogP) is 2.18. The molecule has 1 aromatic rings. The number of aliphatic hydroxyl groups excluding tert-OH is 2. The van der Waals surface area contributed by atoms with E-state index in [4.69, 9.17) is 21.8 Å². The van der Waals surface area contributed by atoms with Crippen LogP contribution in [0.1, 0.15) is 0 Å². The molecule has 0 bridgehead atoms. The van der Waals surface area contributed by atoms with Gasteiger partial charge in [-0.3, -0.25) is 0 Å². The summed E-state index contributed by atoms with van der Waals surface area (Å²) >= 11 is 7.43. The quantitative estimate of drug-likeness (QED) is 0.623. The van der Waals surface area contributed by atoms with Gasteiger partial charge in [0.05, 0.1) is 18.1 Å². The Hall–Kier alpha value is -0.0800. The van der Waals surface area contributed by atoms with Gasteiger partial charge in [0.15, 0.2) is 5.82 Å². The molecule has 1 aromatic heterocycles. The van der Waals surface area contributed by atoms with Crippen LogP contribution in [-0.4, -0.2) is 39.9 Å². The van der Waals surface area contributed by atoms with Crippen molar-refractivity contribution in [3.05, 3.63) is 16.8 Å². The first-order chi connectivity index (χ1) is 8.11. The fraction of sp³-hybridized carbons (Fsp3) is 0.444. The Labute approximate surface area is 111 Å². The average Bonchev–Trinajstić information content (AvgIpc) is 2.32. The highest BCUT2D eigenvalue weighted by molar-refractivity contribution is 8.00. The summed E-state index contributed by atoms with van der Waals surface area (Å²) in [5.41, 5.74) is 0. The number of aliphatic hydroxyl groups is 2. The van der Waals surface area contributed by atoms with Crippen LogP contribution >= 0.6 is 35.1 Å². The van der Waals surface area contributed by atoms with Crippen molar-refractivity contribution < 1.29 is 19.0 Å². The molecule has 0 aliphatic heterocycles. The normalized spacial score (nSPS) is 10.9. The molecule has 2 N–H and O–H groups in total. The van der Waals surface area contributed by atoms with Crippen LogP contribution in [-0.2, 0) is 0 Å². The molecule has 1 heterocycles. The van der Waals surface area contributed by atoms with Crippen LogP contribution in [0.4, 0.5) is 8.78 Å². The summed E-state index contributed by atoms with van der Waals surface area (Å²) in [6.45, 7) is -0.321. The van der Waals surface area contributed by atoms with Gasteiger partial charge in [-0.25, -0.2) is 9.37 Å². The lowest BCUT2D eigenvalue weighted by atomic mass is 10.4. The fourth-order valence-electron chi connectivity index (χ4n) is 0.987. The van der Waals surface area contributed by atoms with Crippen molar-refractivity contribution in [1.82, 2.24) is 4.98 Å². The lowest BCUT2D eigenvalue weighted by molar-refractivity contribution is 0.322. The molecule has 0 amide bonds. The van der Waals surface area contributed by atoms with Crippen LogP contribution in [0.2, 0.25) is 5.02 Å². The van der Waals surface area contributed by atoms with Crippen molar-refractivity contribution >= 4 is 35.1 Å². The van der Waals surface area contributed by atoms with Crippen molar-refractivity contribution in [3.8, 4) is 0 Å². The first kappa shape index (κ1) is 15.0. The van der Waals surface area contributed by atoms with Crippen LogP contribution < -0.4 is 0 Å². The van der Waals surface area contributed by atoms with Crippen molar-refractivity contribution in [1.29, 1.82) is 0 Å². The van der Waals surface area contributed by atoms with Gasteiger partial charge in [0.2, 0.25) is 5.95 Å². The average molecular weight is 302 g/mol. The Balaban J connectivity index is 3.04. The topological polar surface area (TPSA) is 53.4 Å². The van der Waals surface area contributed by atoms with Gasteiger partial charge in [-0.15, -0.1) is 23.5 Å². The smallest absolute Gasteiger partial charge is 0.234 e. The van der Waals surface area contributed by atoms with E-state index in [9.17, 15) is 8.78 Å². The van der Waals surface area contributed by atoms with Gasteiger partial charge < -0.3 is 10.2 Å². The monoisotopic (exact) mass is 301 g/mol. The summed E-state index contributed by atoms with van der Waals surface area (Å²) in [5.74, 6) is -1.23. The molecule has 0 radical (unpaired) electrons. The van der Waals surface area contributed by atoms with Gasteiger partial charge in [0, 0.05) is 11.5 Å². The summed E-state index contributed by atoms with van der Waals surface area (Å²) in [5, 5.41) is 16.8. The maximum absolute atomic E-state index is 13.8. The number of thioether (sulfide) groups is 2. The number of halogens is 3. The van der Waals surface area contributed by atoms with Gasteiger partial charge in [-0.2, -0.15) is 4.39 Å². The molecule has 0 atom stereocenters. The van der Waals surface area contributed by atoms with Crippen LogP contribution in [0.5, 0.6) is 0 Å². The second-order valence-corrected chi connectivity index (χ2v) is 5.38. The number of hydrogen-bond donors (Lipinski definition) is 2. The Morgan fingerprint density at radius 1 is 1.12 bits per heavy atom. The summed E-state index contributed by atoms with van der Waals surface area (Å²) in [7, 11) is 0. The zero-order chi connectivity index (χ0) is 12.8. The highest BCUT2D eigenvalue weighted by Gasteiger charge is 2.19. The molecule has 1 rings (SSSR count). The summed E-state index contributed by atoms with van der Waals surface area (Å²) in [6, 6.07) is 0. The van der Waals surface area contributed by atoms with Crippen molar-refractivity contribution in [2.45, 2.75) is 9.92 Å². The zero-order valence-corrected chi connectivity index (χ0v) is 11.0. The molecule has 0 aliphatic carbocycles. The lowest BCUT2D eigenvalue weighted by Crippen LogP contribution is -2.00. The molecular weight excluding hydrogens is 292 g/mol. The van der Waals surface area contributed by atoms with Crippen molar-refractivity contribution in [2.75, 3.05) is 24.7 Å². The van der Waals surface area contributed by atoms with Gasteiger partial charge in [0.25, 0.3) is 0 Å². The number of pyridine rings is 1. The molecule has 0 spiro atoms. The molecule has 3 nitrogen and oxygen atoms in total. The minimum Gasteiger partial charge on any atom is -0.396 e. The third-order valence-electron chi connectivity index (χ3n) is 1.64. The standard InChI is InChI=1S/C9H10ClF2NO2S2/c10-5-7(16-3-1-14)6(11)9(13-8(5)12)17-4-2-15/h14-15H,1-4H2. The molecule has 0 unspecified atom stereocenters. The molecule has 17 heavy (non-hydrogen) atoms. The van der Waals surface area contributed by atoms with Crippen molar-refractivity contribution in [3.63, 3.8) is 0 Å². The second kappa shape index (κ2) is 7.38. The minimum absolute atomic E-state index is 0.0614. The van der Waals surface area contributed by atoms with Crippen LogP contribution in [0.25, 0.3) is 0 Å². The first-order valence-corrected chi connectivity index (χ1v) is 6.98. The van der Waals surface area contributed by atoms with E-state index in [-0.39, 0.29) is 39.7 Å². The van der Waals surface area contributed by atoms with E-state index in [1.165, 1.54) is 0 Å². The first-order valence-electron chi connectivity index (χ1n) is 4.63. The highest BCUT2D eigenvalue weighted by Crippen LogP contribution is 2.35. The molecule has 0 aromatic carbocycles. The van der Waals surface area contributed by atoms with E-state index in [2.05, 4.69) is 4.98 Å². The zero-order valence-electron chi connectivity index (χ0n) is 8.62. The summed E-state index contributed by atoms with van der Waals surface area (Å²) in [6.07, 6.45) is 0. The fourth-order valence-corrected chi connectivity index (χ4v) is 2.73. The van der Waals surface area contributed by atoms with Crippen LogP contribution in [0, 0.1) is 11.8 Å². The van der Waals surface area contributed by atoms with Gasteiger partial charge >= 0.3 is 0 Å². The SMILES string of the molecule is OCCSc1nc(F)c(Cl)c(SCCO)c1F. The third kappa shape index (κ3) is 3.96.